The van der Waals surface area contributed by atoms with Crippen molar-refractivity contribution >= 4 is 23.3 Å². The monoisotopic (exact) mass is 404 g/mol. The average molecular weight is 404 g/mol. The number of benzene rings is 3. The molecule has 30 heavy (non-hydrogen) atoms. The Morgan fingerprint density at radius 2 is 1.63 bits per heavy atom. The molecule has 0 aromatic heterocycles. The minimum absolute atomic E-state index is 0.219. The topological polar surface area (TPSA) is 76.7 Å². The predicted octanol–water partition coefficient (Wildman–Crippen LogP) is 4.66. The summed E-state index contributed by atoms with van der Waals surface area (Å²) in [5.74, 6) is 0.0647. The van der Waals surface area contributed by atoms with Gasteiger partial charge in [-0.15, -0.1) is 0 Å². The van der Waals surface area contributed by atoms with Crippen molar-refractivity contribution in [3.05, 3.63) is 90.0 Å². The molecule has 3 aromatic rings. The second-order valence-corrected chi connectivity index (χ2v) is 6.51. The van der Waals surface area contributed by atoms with Gasteiger partial charge in [0.05, 0.1) is 19.3 Å². The molecule has 0 saturated carbocycles. The highest BCUT2D eigenvalue weighted by atomic mass is 16.5. The molecule has 0 aliphatic rings. The average Bonchev–Trinajstić information content (AvgIpc) is 2.78. The van der Waals surface area contributed by atoms with Crippen molar-refractivity contribution in [2.24, 2.45) is 0 Å². The molecule has 0 heterocycles. The van der Waals surface area contributed by atoms with Gasteiger partial charge in [0.2, 0.25) is 0 Å². The standard InChI is InChI=1S/C24H24N2O4/c1-3-30-24(28)18-12-14-19(15-13-18)25-22(17-8-5-4-6-9-17)23(27)26-20-10-7-11-21(16-20)29-2/h4-16,22,25H,3H2,1-2H3,(H,26,27). The molecule has 0 spiro atoms. The molecule has 3 rings (SSSR count). The molecule has 0 aliphatic carbocycles. The van der Waals surface area contributed by atoms with Crippen LogP contribution in [0.2, 0.25) is 0 Å². The van der Waals surface area contributed by atoms with Crippen LogP contribution in [-0.4, -0.2) is 25.6 Å². The molecule has 1 unspecified atom stereocenters. The summed E-state index contributed by atoms with van der Waals surface area (Å²) < 4.78 is 10.2. The van der Waals surface area contributed by atoms with Crippen LogP contribution in [0, 0.1) is 0 Å². The van der Waals surface area contributed by atoms with Crippen LogP contribution >= 0.6 is 0 Å². The van der Waals surface area contributed by atoms with Gasteiger partial charge in [0, 0.05) is 17.4 Å². The molecular weight excluding hydrogens is 380 g/mol. The third-order valence-corrected chi connectivity index (χ3v) is 4.44. The maximum atomic E-state index is 13.1. The lowest BCUT2D eigenvalue weighted by Crippen LogP contribution is -2.27. The zero-order valence-corrected chi connectivity index (χ0v) is 16.9. The summed E-state index contributed by atoms with van der Waals surface area (Å²) in [6.07, 6.45) is 0. The third-order valence-electron chi connectivity index (χ3n) is 4.44. The molecule has 0 saturated heterocycles. The maximum absolute atomic E-state index is 13.1. The maximum Gasteiger partial charge on any atom is 0.338 e. The van der Waals surface area contributed by atoms with Gasteiger partial charge in [-0.05, 0) is 48.9 Å². The van der Waals surface area contributed by atoms with E-state index in [1.807, 2.05) is 42.5 Å². The van der Waals surface area contributed by atoms with Gasteiger partial charge in [0.25, 0.3) is 5.91 Å². The van der Waals surface area contributed by atoms with Gasteiger partial charge in [-0.25, -0.2) is 4.79 Å². The fourth-order valence-corrected chi connectivity index (χ4v) is 2.94. The highest BCUT2D eigenvalue weighted by Gasteiger charge is 2.21. The van der Waals surface area contributed by atoms with E-state index in [-0.39, 0.29) is 11.9 Å². The molecule has 6 nitrogen and oxygen atoms in total. The van der Waals surface area contributed by atoms with Crippen molar-refractivity contribution in [3.63, 3.8) is 0 Å². The van der Waals surface area contributed by atoms with E-state index < -0.39 is 6.04 Å². The lowest BCUT2D eigenvalue weighted by Gasteiger charge is -2.20. The quantitative estimate of drug-likeness (QED) is 0.534. The van der Waals surface area contributed by atoms with Crippen LogP contribution in [-0.2, 0) is 9.53 Å². The van der Waals surface area contributed by atoms with E-state index in [0.29, 0.717) is 29.3 Å². The number of rotatable bonds is 8. The van der Waals surface area contributed by atoms with Crippen molar-refractivity contribution in [1.29, 1.82) is 0 Å². The van der Waals surface area contributed by atoms with Crippen LogP contribution < -0.4 is 15.4 Å². The fraction of sp³-hybridized carbons (Fsp3) is 0.167. The number of methoxy groups -OCH3 is 1. The van der Waals surface area contributed by atoms with Gasteiger partial charge >= 0.3 is 5.97 Å². The SMILES string of the molecule is CCOC(=O)c1ccc(NC(C(=O)Nc2cccc(OC)c2)c2ccccc2)cc1. The molecule has 0 aliphatic heterocycles. The van der Waals surface area contributed by atoms with Crippen molar-refractivity contribution in [2.45, 2.75) is 13.0 Å². The van der Waals surface area contributed by atoms with E-state index >= 15 is 0 Å². The van der Waals surface area contributed by atoms with Crippen molar-refractivity contribution in [3.8, 4) is 5.75 Å². The Bertz CT molecular complexity index is 988. The number of hydrogen-bond donors (Lipinski definition) is 2. The lowest BCUT2D eigenvalue weighted by molar-refractivity contribution is -0.117. The van der Waals surface area contributed by atoms with Gasteiger partial charge in [-0.3, -0.25) is 4.79 Å². The first-order valence-corrected chi connectivity index (χ1v) is 9.64. The van der Waals surface area contributed by atoms with Crippen molar-refractivity contribution in [1.82, 2.24) is 0 Å². The van der Waals surface area contributed by atoms with Crippen LogP contribution in [0.15, 0.2) is 78.9 Å². The van der Waals surface area contributed by atoms with Gasteiger partial charge < -0.3 is 20.1 Å². The van der Waals surface area contributed by atoms with Crippen LogP contribution in [0.3, 0.4) is 0 Å². The van der Waals surface area contributed by atoms with Crippen LogP contribution in [0.5, 0.6) is 5.75 Å². The van der Waals surface area contributed by atoms with Crippen LogP contribution in [0.4, 0.5) is 11.4 Å². The highest BCUT2D eigenvalue weighted by molar-refractivity contribution is 5.97. The van der Waals surface area contributed by atoms with Gasteiger partial charge in [0.15, 0.2) is 0 Å². The Morgan fingerprint density at radius 3 is 2.30 bits per heavy atom. The normalized spacial score (nSPS) is 11.3. The molecular formula is C24H24N2O4. The van der Waals surface area contributed by atoms with E-state index in [2.05, 4.69) is 10.6 Å². The number of anilines is 2. The van der Waals surface area contributed by atoms with Gasteiger partial charge in [-0.1, -0.05) is 36.4 Å². The van der Waals surface area contributed by atoms with Gasteiger partial charge in [-0.2, -0.15) is 0 Å². The van der Waals surface area contributed by atoms with E-state index in [1.165, 1.54) is 0 Å². The minimum Gasteiger partial charge on any atom is -0.497 e. The molecule has 0 radical (unpaired) electrons. The lowest BCUT2D eigenvalue weighted by atomic mass is 10.1. The summed E-state index contributed by atoms with van der Waals surface area (Å²) >= 11 is 0. The number of amides is 1. The molecule has 1 amide bonds. The Balaban J connectivity index is 1.81. The first kappa shape index (κ1) is 20.9. The summed E-state index contributed by atoms with van der Waals surface area (Å²) in [6, 6.07) is 22.8. The number of carbonyl (C=O) groups excluding carboxylic acids is 2. The minimum atomic E-state index is -0.633. The Morgan fingerprint density at radius 1 is 0.900 bits per heavy atom. The molecule has 1 atom stereocenters. The number of esters is 1. The van der Waals surface area contributed by atoms with Crippen LogP contribution in [0.25, 0.3) is 0 Å². The summed E-state index contributed by atoms with van der Waals surface area (Å²) in [4.78, 5) is 24.9. The third kappa shape index (κ3) is 5.38. The molecule has 6 heteroatoms. The Labute approximate surface area is 175 Å². The van der Waals surface area contributed by atoms with E-state index in [1.54, 1.807) is 50.4 Å². The smallest absolute Gasteiger partial charge is 0.338 e. The summed E-state index contributed by atoms with van der Waals surface area (Å²) in [7, 11) is 1.58. The molecule has 3 aromatic carbocycles. The number of hydrogen-bond acceptors (Lipinski definition) is 5. The van der Waals surface area contributed by atoms with E-state index in [9.17, 15) is 9.59 Å². The molecule has 0 fully saturated rings. The molecule has 2 N–H and O–H groups in total. The Kier molecular flexibility index (Phi) is 7.05. The van der Waals surface area contributed by atoms with E-state index in [0.717, 1.165) is 5.56 Å². The number of ether oxygens (including phenoxy) is 2. The van der Waals surface area contributed by atoms with Crippen molar-refractivity contribution in [2.75, 3.05) is 24.4 Å². The predicted molar refractivity (Wildman–Crippen MR) is 117 cm³/mol. The summed E-state index contributed by atoms with van der Waals surface area (Å²) in [5, 5.41) is 6.17. The van der Waals surface area contributed by atoms with Crippen molar-refractivity contribution < 1.29 is 19.1 Å². The Hall–Kier alpha value is -3.80. The zero-order valence-electron chi connectivity index (χ0n) is 16.9. The molecule has 154 valence electrons. The zero-order chi connectivity index (χ0) is 21.3. The fourth-order valence-electron chi connectivity index (χ4n) is 2.94. The molecule has 0 bridgehead atoms. The van der Waals surface area contributed by atoms with Gasteiger partial charge in [0.1, 0.15) is 11.8 Å². The first-order chi connectivity index (χ1) is 14.6. The van der Waals surface area contributed by atoms with E-state index in [4.69, 9.17) is 9.47 Å². The van der Waals surface area contributed by atoms with Crippen LogP contribution in [0.1, 0.15) is 28.9 Å². The number of nitrogens with one attached hydrogen (secondary N) is 2. The first-order valence-electron chi connectivity index (χ1n) is 9.64. The largest absolute Gasteiger partial charge is 0.497 e. The highest BCUT2D eigenvalue weighted by Crippen LogP contribution is 2.23. The second kappa shape index (κ2) is 10.1. The summed E-state index contributed by atoms with van der Waals surface area (Å²) in [6.45, 7) is 2.08. The number of carbonyl (C=O) groups is 2. The second-order valence-electron chi connectivity index (χ2n) is 6.51. The summed E-state index contributed by atoms with van der Waals surface area (Å²) in [5.41, 5.74) is 2.62.